The third-order valence-electron chi connectivity index (χ3n) is 6.29. The van der Waals surface area contributed by atoms with Crippen LogP contribution in [-0.4, -0.2) is 52.7 Å². The molecular weight excluding hydrogens is 431 g/mol. The van der Waals surface area contributed by atoms with E-state index in [1.165, 1.54) is 12.1 Å². The fourth-order valence-corrected chi connectivity index (χ4v) is 4.61. The van der Waals surface area contributed by atoms with Gasteiger partial charge in [0.25, 0.3) is 5.91 Å². The van der Waals surface area contributed by atoms with Crippen LogP contribution < -0.4 is 5.73 Å². The molecule has 0 saturated carbocycles. The van der Waals surface area contributed by atoms with Crippen molar-refractivity contribution in [3.8, 4) is 0 Å². The normalized spacial score (nSPS) is 19.0. The molecule has 0 bridgehead atoms. The number of carbonyl (C=O) groups is 1. The molecule has 6 nitrogen and oxygen atoms in total. The number of alkyl halides is 3. The number of fused-ring (bicyclic) bond motifs is 2. The zero-order chi connectivity index (χ0) is 23.2. The van der Waals surface area contributed by atoms with Crippen LogP contribution in [0, 0.1) is 0 Å². The Morgan fingerprint density at radius 2 is 1.61 bits per heavy atom. The van der Waals surface area contributed by atoms with Crippen molar-refractivity contribution in [2.75, 3.05) is 31.9 Å². The maximum atomic E-state index is 13.5. The molecule has 3 aliphatic heterocycles. The van der Waals surface area contributed by atoms with Crippen molar-refractivity contribution in [2.45, 2.75) is 25.7 Å². The lowest BCUT2D eigenvalue weighted by Gasteiger charge is -2.42. The number of aliphatic imine (C=N–C) groups is 1. The Kier molecular flexibility index (Phi) is 5.36. The number of rotatable bonds is 4. The van der Waals surface area contributed by atoms with Crippen LogP contribution in [0.1, 0.15) is 23.1 Å². The van der Waals surface area contributed by atoms with Crippen LogP contribution in [0.15, 0.2) is 64.8 Å². The number of benzene rings is 2. The van der Waals surface area contributed by atoms with Gasteiger partial charge in [0.1, 0.15) is 0 Å². The van der Waals surface area contributed by atoms with Crippen LogP contribution in [-0.2, 0) is 24.1 Å². The van der Waals surface area contributed by atoms with Crippen molar-refractivity contribution >= 4 is 17.6 Å². The molecule has 0 unspecified atom stereocenters. The average molecular weight is 455 g/mol. The predicted octanol–water partition coefficient (Wildman–Crippen LogP) is 3.46. The summed E-state index contributed by atoms with van der Waals surface area (Å²) in [5, 5.41) is 0. The van der Waals surface area contributed by atoms with Crippen LogP contribution in [0.25, 0.3) is 0 Å². The number of carbonyl (C=O) groups excluding carboxylic acids is 1. The molecular formula is C24H24F3N5O. The lowest BCUT2D eigenvalue weighted by atomic mass is 10.00. The Hall–Kier alpha value is -3.33. The Morgan fingerprint density at radius 3 is 2.30 bits per heavy atom. The quantitative estimate of drug-likeness (QED) is 0.718. The topological polar surface area (TPSA) is 65.2 Å². The average Bonchev–Trinajstić information content (AvgIpc) is 3.28. The Balaban J connectivity index is 1.36. The molecule has 0 aliphatic carbocycles. The number of nitrogens with zero attached hydrogens (tertiary/aromatic N) is 4. The van der Waals surface area contributed by atoms with Crippen LogP contribution in [0.2, 0.25) is 0 Å². The Bertz CT molecular complexity index is 1120. The van der Waals surface area contributed by atoms with E-state index in [1.807, 2.05) is 24.3 Å². The molecule has 0 fully saturated rings. The highest BCUT2D eigenvalue weighted by Crippen LogP contribution is 2.33. The number of nitrogens with two attached hydrogens (primary N) is 1. The van der Waals surface area contributed by atoms with E-state index in [1.54, 1.807) is 4.90 Å². The first-order chi connectivity index (χ1) is 15.8. The van der Waals surface area contributed by atoms with Gasteiger partial charge in [-0.2, -0.15) is 13.2 Å². The molecule has 3 heterocycles. The van der Waals surface area contributed by atoms with E-state index in [-0.39, 0.29) is 12.5 Å². The highest BCUT2D eigenvalue weighted by Gasteiger charge is 2.41. The van der Waals surface area contributed by atoms with E-state index in [2.05, 4.69) is 14.8 Å². The monoisotopic (exact) mass is 455 g/mol. The number of halogens is 3. The molecule has 33 heavy (non-hydrogen) atoms. The van der Waals surface area contributed by atoms with E-state index < -0.39 is 11.7 Å². The first-order valence-electron chi connectivity index (χ1n) is 10.9. The Labute approximate surface area is 189 Å². The molecule has 2 aromatic rings. The smallest absolute Gasteiger partial charge is 0.399 e. The summed E-state index contributed by atoms with van der Waals surface area (Å²) in [5.41, 5.74) is 9.31. The number of amides is 1. The number of nitrogen functional groups attached to an aromatic ring is 1. The highest BCUT2D eigenvalue weighted by molar-refractivity contribution is 6.09. The molecule has 0 saturated heterocycles. The van der Waals surface area contributed by atoms with E-state index in [0.29, 0.717) is 43.4 Å². The van der Waals surface area contributed by atoms with Crippen molar-refractivity contribution in [2.24, 2.45) is 4.99 Å². The molecule has 2 aromatic carbocycles. The first-order valence-corrected chi connectivity index (χ1v) is 10.9. The standard InChI is InChI=1S/C24H24F3N5O/c25-24(26,27)18-5-1-17(2-6-18)14-32-22(33)20-15-30(13-16-3-7-19(28)8-4-16)11-9-21(20)31-12-10-29-23(31)32/h1-8H,9-15,28H2. The molecule has 1 amide bonds. The Morgan fingerprint density at radius 1 is 0.939 bits per heavy atom. The molecule has 0 radical (unpaired) electrons. The minimum absolute atomic E-state index is 0.121. The molecule has 0 atom stereocenters. The van der Waals surface area contributed by atoms with Crippen LogP contribution in [0.4, 0.5) is 18.9 Å². The van der Waals surface area contributed by atoms with Crippen molar-refractivity contribution < 1.29 is 18.0 Å². The third kappa shape index (κ3) is 4.20. The van der Waals surface area contributed by atoms with Gasteiger partial charge in [0, 0.05) is 44.0 Å². The first kappa shape index (κ1) is 21.5. The molecule has 2 N–H and O–H groups in total. The van der Waals surface area contributed by atoms with Gasteiger partial charge in [-0.25, -0.2) is 0 Å². The summed E-state index contributed by atoms with van der Waals surface area (Å²) in [7, 11) is 0. The largest absolute Gasteiger partial charge is 0.416 e. The van der Waals surface area contributed by atoms with Gasteiger partial charge in [0.05, 0.1) is 24.2 Å². The van der Waals surface area contributed by atoms with Gasteiger partial charge in [-0.15, -0.1) is 0 Å². The third-order valence-corrected chi connectivity index (χ3v) is 6.29. The fourth-order valence-electron chi connectivity index (χ4n) is 4.61. The molecule has 9 heteroatoms. The zero-order valence-electron chi connectivity index (χ0n) is 18.0. The number of hydrogen-bond acceptors (Lipinski definition) is 5. The summed E-state index contributed by atoms with van der Waals surface area (Å²) in [4.78, 5) is 24.0. The molecule has 5 rings (SSSR count). The summed E-state index contributed by atoms with van der Waals surface area (Å²) in [6.45, 7) is 3.55. The van der Waals surface area contributed by atoms with E-state index in [9.17, 15) is 18.0 Å². The summed E-state index contributed by atoms with van der Waals surface area (Å²) < 4.78 is 38.7. The van der Waals surface area contributed by atoms with Gasteiger partial charge in [-0.1, -0.05) is 24.3 Å². The van der Waals surface area contributed by atoms with Crippen LogP contribution in [0.3, 0.4) is 0 Å². The minimum Gasteiger partial charge on any atom is -0.399 e. The zero-order valence-corrected chi connectivity index (χ0v) is 18.0. The lowest BCUT2D eigenvalue weighted by Crippen LogP contribution is -2.53. The maximum absolute atomic E-state index is 13.5. The van der Waals surface area contributed by atoms with E-state index in [0.717, 1.165) is 41.9 Å². The van der Waals surface area contributed by atoms with Crippen LogP contribution >= 0.6 is 0 Å². The molecule has 172 valence electrons. The molecule has 0 aromatic heterocycles. The van der Waals surface area contributed by atoms with Crippen LogP contribution in [0.5, 0.6) is 0 Å². The van der Waals surface area contributed by atoms with Crippen molar-refractivity contribution in [3.63, 3.8) is 0 Å². The predicted molar refractivity (Wildman–Crippen MR) is 119 cm³/mol. The second kappa shape index (κ2) is 8.22. The second-order valence-corrected chi connectivity index (χ2v) is 8.55. The summed E-state index contributed by atoms with van der Waals surface area (Å²) in [6, 6.07) is 12.7. The van der Waals surface area contributed by atoms with Gasteiger partial charge >= 0.3 is 6.18 Å². The van der Waals surface area contributed by atoms with Gasteiger partial charge in [-0.3, -0.25) is 19.6 Å². The highest BCUT2D eigenvalue weighted by atomic mass is 19.4. The van der Waals surface area contributed by atoms with Gasteiger partial charge < -0.3 is 10.6 Å². The SMILES string of the molecule is Nc1ccc(CN2CCC3=C(C2)C(=O)N(Cc2ccc(C(F)(F)F)cc2)C2=NCCN23)cc1. The minimum atomic E-state index is -4.39. The summed E-state index contributed by atoms with van der Waals surface area (Å²) >= 11 is 0. The lowest BCUT2D eigenvalue weighted by molar-refractivity contribution is -0.137. The summed E-state index contributed by atoms with van der Waals surface area (Å²) in [5.74, 6) is 0.481. The number of guanidine groups is 1. The summed E-state index contributed by atoms with van der Waals surface area (Å²) in [6.07, 6.45) is -3.63. The number of hydrogen-bond donors (Lipinski definition) is 1. The van der Waals surface area contributed by atoms with Gasteiger partial charge in [0.15, 0.2) is 0 Å². The van der Waals surface area contributed by atoms with Gasteiger partial charge in [-0.05, 0) is 35.4 Å². The number of anilines is 1. The van der Waals surface area contributed by atoms with Crippen molar-refractivity contribution in [1.82, 2.24) is 14.7 Å². The fraction of sp³-hybridized carbons (Fsp3) is 0.333. The van der Waals surface area contributed by atoms with Crippen molar-refractivity contribution in [1.29, 1.82) is 0 Å². The van der Waals surface area contributed by atoms with E-state index >= 15 is 0 Å². The second-order valence-electron chi connectivity index (χ2n) is 8.55. The molecule has 0 spiro atoms. The van der Waals surface area contributed by atoms with Crippen molar-refractivity contribution in [3.05, 3.63) is 76.5 Å². The van der Waals surface area contributed by atoms with Gasteiger partial charge in [0.2, 0.25) is 5.96 Å². The molecule has 3 aliphatic rings. The van der Waals surface area contributed by atoms with E-state index in [4.69, 9.17) is 5.73 Å². The maximum Gasteiger partial charge on any atom is 0.416 e.